The Morgan fingerprint density at radius 1 is 1.27 bits per heavy atom. The van der Waals surface area contributed by atoms with E-state index < -0.39 is 0 Å². The van der Waals surface area contributed by atoms with Crippen LogP contribution in [0.4, 0.5) is 0 Å². The first kappa shape index (κ1) is 18.3. The average Bonchev–Trinajstić information content (AvgIpc) is 2.98. The minimum absolute atomic E-state index is 0.375. The van der Waals surface area contributed by atoms with Crippen LogP contribution < -0.4 is 10.7 Å². The van der Waals surface area contributed by atoms with Crippen molar-refractivity contribution in [1.29, 1.82) is 0 Å². The van der Waals surface area contributed by atoms with Crippen LogP contribution in [0.3, 0.4) is 0 Å². The van der Waals surface area contributed by atoms with Gasteiger partial charge in [-0.15, -0.1) is 0 Å². The summed E-state index contributed by atoms with van der Waals surface area (Å²) in [4.78, 5) is 12.1. The van der Waals surface area contributed by atoms with Crippen molar-refractivity contribution in [2.24, 2.45) is 9.98 Å². The molecular formula is C18H30N6OS. The number of aliphatic imine (C=N–C) groups is 2. The maximum atomic E-state index is 5.43. The molecule has 1 fully saturated rings. The molecule has 0 spiro atoms. The number of amidine groups is 1. The van der Waals surface area contributed by atoms with Crippen LogP contribution in [-0.4, -0.2) is 79.3 Å². The molecule has 4 aliphatic rings. The number of hydrogen-bond acceptors (Lipinski definition) is 8. The third kappa shape index (κ3) is 4.24. The molecular weight excluding hydrogens is 348 g/mol. The summed E-state index contributed by atoms with van der Waals surface area (Å²) in [5.74, 6) is 0.829. The van der Waals surface area contributed by atoms with Crippen molar-refractivity contribution in [1.82, 2.24) is 20.7 Å². The zero-order valence-electron chi connectivity index (χ0n) is 15.7. The number of morpholine rings is 1. The highest BCUT2D eigenvalue weighted by atomic mass is 32.2. The van der Waals surface area contributed by atoms with Crippen LogP contribution >= 0.6 is 11.8 Å². The molecule has 0 aromatic rings. The first-order chi connectivity index (χ1) is 12.8. The van der Waals surface area contributed by atoms with Crippen molar-refractivity contribution in [3.63, 3.8) is 0 Å². The van der Waals surface area contributed by atoms with Crippen LogP contribution in [0.2, 0.25) is 0 Å². The van der Waals surface area contributed by atoms with Gasteiger partial charge in [-0.3, -0.25) is 10.3 Å². The molecule has 7 nitrogen and oxygen atoms in total. The third-order valence-corrected chi connectivity index (χ3v) is 6.06. The molecule has 0 saturated carbocycles. The SMILES string of the molecule is CSC1=NC2=NC3=C(CCCCC3NCCCN3CCOCC3)CN2N1. The Bertz CT molecular complexity index is 598. The van der Waals surface area contributed by atoms with E-state index in [1.807, 2.05) is 6.26 Å². The van der Waals surface area contributed by atoms with E-state index in [0.717, 1.165) is 63.5 Å². The smallest absolute Gasteiger partial charge is 0.247 e. The minimum Gasteiger partial charge on any atom is -0.379 e. The molecule has 26 heavy (non-hydrogen) atoms. The molecule has 0 amide bonds. The van der Waals surface area contributed by atoms with Crippen LogP contribution in [0.1, 0.15) is 32.1 Å². The fourth-order valence-corrected chi connectivity index (χ4v) is 4.42. The fraction of sp³-hybridized carbons (Fsp3) is 0.778. The number of guanidine groups is 1. The van der Waals surface area contributed by atoms with Crippen LogP contribution in [0, 0.1) is 0 Å². The minimum atomic E-state index is 0.375. The predicted octanol–water partition coefficient (Wildman–Crippen LogP) is 1.40. The molecule has 1 atom stereocenters. The predicted molar refractivity (Wildman–Crippen MR) is 107 cm³/mol. The molecule has 2 N–H and O–H groups in total. The summed E-state index contributed by atoms with van der Waals surface area (Å²) < 4.78 is 5.43. The summed E-state index contributed by atoms with van der Waals surface area (Å²) in [5, 5.41) is 6.82. The first-order valence-corrected chi connectivity index (χ1v) is 11.1. The monoisotopic (exact) mass is 378 g/mol. The van der Waals surface area contributed by atoms with Gasteiger partial charge in [-0.1, -0.05) is 18.2 Å². The largest absolute Gasteiger partial charge is 0.379 e. The van der Waals surface area contributed by atoms with E-state index in [2.05, 4.69) is 25.6 Å². The highest BCUT2D eigenvalue weighted by molar-refractivity contribution is 8.13. The highest BCUT2D eigenvalue weighted by Crippen LogP contribution is 2.30. The summed E-state index contributed by atoms with van der Waals surface area (Å²) >= 11 is 1.64. The van der Waals surface area contributed by atoms with E-state index in [9.17, 15) is 0 Å². The van der Waals surface area contributed by atoms with E-state index in [4.69, 9.17) is 9.73 Å². The number of fused-ring (bicyclic) bond motifs is 1. The number of nitrogens with zero attached hydrogens (tertiary/aromatic N) is 4. The van der Waals surface area contributed by atoms with Gasteiger partial charge in [0.1, 0.15) is 0 Å². The van der Waals surface area contributed by atoms with Gasteiger partial charge in [0.25, 0.3) is 0 Å². The van der Waals surface area contributed by atoms with Crippen molar-refractivity contribution < 1.29 is 4.74 Å². The van der Waals surface area contributed by atoms with Gasteiger partial charge in [-0.2, -0.15) is 4.99 Å². The van der Waals surface area contributed by atoms with E-state index in [1.54, 1.807) is 11.8 Å². The number of rotatable bonds is 5. The molecule has 3 heterocycles. The lowest BCUT2D eigenvalue weighted by Crippen LogP contribution is -2.43. The zero-order chi connectivity index (χ0) is 17.8. The lowest BCUT2D eigenvalue weighted by Gasteiger charge is -2.29. The molecule has 4 rings (SSSR count). The second-order valence-electron chi connectivity index (χ2n) is 7.28. The second-order valence-corrected chi connectivity index (χ2v) is 8.07. The molecule has 3 aliphatic heterocycles. The Labute approximate surface area is 160 Å². The van der Waals surface area contributed by atoms with E-state index in [1.165, 1.54) is 37.0 Å². The molecule has 0 bridgehead atoms. The average molecular weight is 379 g/mol. The Kier molecular flexibility index (Phi) is 6.14. The quantitative estimate of drug-likeness (QED) is 0.705. The molecule has 1 unspecified atom stereocenters. The van der Waals surface area contributed by atoms with Crippen molar-refractivity contribution in [3.05, 3.63) is 11.3 Å². The van der Waals surface area contributed by atoms with E-state index in [0.29, 0.717) is 6.04 Å². The van der Waals surface area contributed by atoms with E-state index >= 15 is 0 Å². The lowest BCUT2D eigenvalue weighted by molar-refractivity contribution is 0.0374. The Hall–Kier alpha value is -1.09. The number of thioether (sulfide) groups is 1. The summed E-state index contributed by atoms with van der Waals surface area (Å²) in [7, 11) is 0. The number of hydrogen-bond donors (Lipinski definition) is 2. The van der Waals surface area contributed by atoms with Gasteiger partial charge in [0, 0.05) is 19.1 Å². The van der Waals surface area contributed by atoms with Gasteiger partial charge in [-0.25, -0.2) is 10.0 Å². The normalized spacial score (nSPS) is 26.7. The Morgan fingerprint density at radius 3 is 3.00 bits per heavy atom. The molecule has 0 radical (unpaired) electrons. The topological polar surface area (TPSA) is 64.5 Å². The van der Waals surface area contributed by atoms with Gasteiger partial charge < -0.3 is 10.1 Å². The van der Waals surface area contributed by atoms with Crippen molar-refractivity contribution >= 4 is 22.9 Å². The van der Waals surface area contributed by atoms with Crippen LogP contribution in [-0.2, 0) is 4.74 Å². The van der Waals surface area contributed by atoms with E-state index in [-0.39, 0.29) is 0 Å². The standard InChI is InChI=1S/C18H30N6OS/c1-26-18-21-17-20-16-14(13-24(17)22-18)5-2-3-6-15(16)19-7-4-8-23-9-11-25-12-10-23/h15,19H,2-13H2,1H3,(H,20,21,22). The molecule has 1 saturated heterocycles. The Balaban J connectivity index is 1.35. The maximum Gasteiger partial charge on any atom is 0.247 e. The van der Waals surface area contributed by atoms with Crippen molar-refractivity contribution in [2.45, 2.75) is 38.1 Å². The first-order valence-electron chi connectivity index (χ1n) is 9.84. The lowest BCUT2D eigenvalue weighted by atomic mass is 10.0. The third-order valence-electron chi connectivity index (χ3n) is 5.50. The summed E-state index contributed by atoms with van der Waals surface area (Å²) in [6, 6.07) is 0.375. The summed E-state index contributed by atoms with van der Waals surface area (Å²) in [6.07, 6.45) is 8.09. The number of nitrogens with one attached hydrogen (secondary N) is 2. The molecule has 8 heteroatoms. The molecule has 1 aliphatic carbocycles. The van der Waals surface area contributed by atoms with Crippen molar-refractivity contribution in [2.75, 3.05) is 52.2 Å². The second kappa shape index (κ2) is 8.73. The van der Waals surface area contributed by atoms with Crippen LogP contribution in [0.15, 0.2) is 21.3 Å². The summed E-state index contributed by atoms with van der Waals surface area (Å²) in [6.45, 7) is 7.02. The van der Waals surface area contributed by atoms with Crippen LogP contribution in [0.25, 0.3) is 0 Å². The molecule has 0 aromatic carbocycles. The number of hydrazine groups is 1. The fourth-order valence-electron chi connectivity index (χ4n) is 4.04. The van der Waals surface area contributed by atoms with Gasteiger partial charge in [0.15, 0.2) is 5.17 Å². The van der Waals surface area contributed by atoms with Gasteiger partial charge in [0.05, 0.1) is 25.5 Å². The highest BCUT2D eigenvalue weighted by Gasteiger charge is 2.31. The number of ether oxygens (including phenoxy) is 1. The molecule has 0 aromatic heterocycles. The zero-order valence-corrected chi connectivity index (χ0v) is 16.5. The van der Waals surface area contributed by atoms with Gasteiger partial charge in [0.2, 0.25) is 5.96 Å². The molecule has 144 valence electrons. The van der Waals surface area contributed by atoms with Gasteiger partial charge in [-0.05, 0) is 50.6 Å². The van der Waals surface area contributed by atoms with Gasteiger partial charge >= 0.3 is 0 Å². The van der Waals surface area contributed by atoms with Crippen LogP contribution in [0.5, 0.6) is 0 Å². The Morgan fingerprint density at radius 2 is 2.15 bits per heavy atom. The van der Waals surface area contributed by atoms with Crippen molar-refractivity contribution in [3.8, 4) is 0 Å². The summed E-state index contributed by atoms with van der Waals surface area (Å²) in [5.41, 5.74) is 6.08. The maximum absolute atomic E-state index is 5.43.